The van der Waals surface area contributed by atoms with Crippen molar-refractivity contribution in [2.75, 3.05) is 11.9 Å². The van der Waals surface area contributed by atoms with Crippen LogP contribution in [0.1, 0.15) is 53.7 Å². The molecule has 232 valence electrons. The number of halogens is 3. The topological polar surface area (TPSA) is 175 Å². The first kappa shape index (κ1) is 32.1. The number of alkyl halides is 3. The number of nitrogens with one attached hydrogen (secondary N) is 2. The number of carbonyl (C=O) groups excluding carboxylic acids is 3. The third kappa shape index (κ3) is 8.84. The summed E-state index contributed by atoms with van der Waals surface area (Å²) in [6, 6.07) is 13.4. The number of oxazole rings is 1. The molecule has 0 saturated carbocycles. The third-order valence-electron chi connectivity index (χ3n) is 6.59. The number of hydrogen-bond acceptors (Lipinski definition) is 9. The normalized spacial score (nSPS) is 12.8. The number of aromatic nitrogens is 2. The number of fused-ring (bicyclic) bond motifs is 1. The lowest BCUT2D eigenvalue weighted by molar-refractivity contribution is -0.189. The largest absolute Gasteiger partial charge is 0.491 e. The van der Waals surface area contributed by atoms with E-state index in [-0.39, 0.29) is 28.9 Å². The van der Waals surface area contributed by atoms with Crippen molar-refractivity contribution in [3.05, 3.63) is 84.2 Å². The molecule has 2 aromatic heterocycles. The first-order valence-electron chi connectivity index (χ1n) is 13.8. The molecule has 2 amide bonds. The molecule has 6 N–H and O–H groups in total. The summed E-state index contributed by atoms with van der Waals surface area (Å²) in [4.78, 5) is 45.5. The van der Waals surface area contributed by atoms with Crippen LogP contribution in [0.2, 0.25) is 0 Å². The smallest absolute Gasteiger partial charge is 0.446 e. The number of unbranched alkanes of at least 4 members (excludes halogenated alkanes) is 1. The Labute approximate surface area is 250 Å². The second-order valence-corrected chi connectivity index (χ2v) is 9.97. The number of amides is 2. The molecule has 2 atom stereocenters. The molecule has 4 rings (SSSR count). The lowest BCUT2D eigenvalue weighted by atomic mass is 10.0. The van der Waals surface area contributed by atoms with Crippen LogP contribution >= 0.6 is 0 Å². The molecule has 0 saturated heterocycles. The lowest BCUT2D eigenvalue weighted by Crippen LogP contribution is -2.42. The van der Waals surface area contributed by atoms with E-state index < -0.39 is 30.1 Å². The first-order valence-corrected chi connectivity index (χ1v) is 13.8. The van der Waals surface area contributed by atoms with E-state index in [4.69, 9.17) is 15.9 Å². The van der Waals surface area contributed by atoms with Crippen LogP contribution in [-0.4, -0.2) is 46.5 Å². The van der Waals surface area contributed by atoms with Crippen LogP contribution in [0, 0.1) is 0 Å². The number of carbonyl (C=O) groups is 3. The fraction of sp³-hybridized carbons (Fsp3) is 0.300. The van der Waals surface area contributed by atoms with Crippen molar-refractivity contribution in [2.24, 2.45) is 11.5 Å². The Hall–Kier alpha value is -4.82. The van der Waals surface area contributed by atoms with Gasteiger partial charge >= 0.3 is 12.1 Å². The maximum Gasteiger partial charge on any atom is 0.491 e. The van der Waals surface area contributed by atoms with Crippen molar-refractivity contribution in [2.45, 2.75) is 50.4 Å². The van der Waals surface area contributed by atoms with Gasteiger partial charge in [0.25, 0.3) is 5.91 Å². The molecule has 2 heterocycles. The second kappa shape index (κ2) is 14.6. The van der Waals surface area contributed by atoms with Crippen LogP contribution in [0.4, 0.5) is 18.9 Å². The minimum Gasteiger partial charge on any atom is -0.446 e. The Balaban J connectivity index is 1.47. The number of benzene rings is 2. The van der Waals surface area contributed by atoms with Gasteiger partial charge < -0.3 is 31.3 Å². The van der Waals surface area contributed by atoms with E-state index in [0.29, 0.717) is 43.1 Å². The van der Waals surface area contributed by atoms with Crippen molar-refractivity contribution >= 4 is 34.4 Å². The highest BCUT2D eigenvalue weighted by molar-refractivity contribution is 6.03. The Morgan fingerprint density at radius 1 is 1.02 bits per heavy atom. The number of ether oxygens (including phenoxy) is 1. The third-order valence-corrected chi connectivity index (χ3v) is 6.59. The number of aryl methyl sites for hydroxylation is 1. The number of esters is 1. The van der Waals surface area contributed by atoms with E-state index in [1.54, 1.807) is 0 Å². The molecule has 11 nitrogen and oxygen atoms in total. The molecule has 44 heavy (non-hydrogen) atoms. The van der Waals surface area contributed by atoms with E-state index in [9.17, 15) is 27.6 Å². The van der Waals surface area contributed by atoms with E-state index in [0.717, 1.165) is 18.2 Å². The van der Waals surface area contributed by atoms with Crippen LogP contribution in [0.15, 0.2) is 71.5 Å². The number of pyridine rings is 1. The highest BCUT2D eigenvalue weighted by Crippen LogP contribution is 2.26. The van der Waals surface area contributed by atoms with Gasteiger partial charge in [0.1, 0.15) is 18.1 Å². The monoisotopic (exact) mass is 612 g/mol. The van der Waals surface area contributed by atoms with Gasteiger partial charge in [-0.2, -0.15) is 13.2 Å². The van der Waals surface area contributed by atoms with Gasteiger partial charge in [-0.1, -0.05) is 36.8 Å². The van der Waals surface area contributed by atoms with Gasteiger partial charge in [-0.05, 0) is 62.1 Å². The summed E-state index contributed by atoms with van der Waals surface area (Å²) in [5.74, 6) is -3.63. The Morgan fingerprint density at radius 2 is 1.80 bits per heavy atom. The molecular weight excluding hydrogens is 581 g/mol. The minimum atomic E-state index is -5.15. The van der Waals surface area contributed by atoms with Crippen LogP contribution in [0.3, 0.4) is 0 Å². The van der Waals surface area contributed by atoms with E-state index in [1.165, 1.54) is 30.5 Å². The SMILES string of the molecule is NCCCC[C@@H](N)C(=O)N[C@H](CCc1ccccc1)c1nc(C(=O)Nc2cnc3ccc(OC(=O)C(F)(F)F)cc3c2)co1. The van der Waals surface area contributed by atoms with Gasteiger partial charge in [-0.25, -0.2) is 9.78 Å². The van der Waals surface area contributed by atoms with Crippen LogP contribution in [0.25, 0.3) is 10.9 Å². The maximum absolute atomic E-state index is 13.0. The predicted molar refractivity (Wildman–Crippen MR) is 154 cm³/mol. The number of nitrogens with zero attached hydrogens (tertiary/aromatic N) is 2. The lowest BCUT2D eigenvalue weighted by Gasteiger charge is -2.19. The van der Waals surface area contributed by atoms with Crippen molar-refractivity contribution in [1.82, 2.24) is 15.3 Å². The van der Waals surface area contributed by atoms with Crippen LogP contribution in [0.5, 0.6) is 5.75 Å². The molecule has 0 spiro atoms. The molecule has 0 unspecified atom stereocenters. The van der Waals surface area contributed by atoms with Crippen molar-refractivity contribution in [3.63, 3.8) is 0 Å². The number of anilines is 1. The van der Waals surface area contributed by atoms with Gasteiger partial charge in [-0.15, -0.1) is 0 Å². The zero-order valence-electron chi connectivity index (χ0n) is 23.5. The molecule has 14 heteroatoms. The van der Waals surface area contributed by atoms with E-state index in [1.807, 2.05) is 30.3 Å². The summed E-state index contributed by atoms with van der Waals surface area (Å²) in [7, 11) is 0. The molecule has 0 aliphatic rings. The van der Waals surface area contributed by atoms with Gasteiger partial charge in [0.15, 0.2) is 5.69 Å². The molecule has 2 aromatic carbocycles. The van der Waals surface area contributed by atoms with Gasteiger partial charge in [-0.3, -0.25) is 14.6 Å². The molecule has 0 bridgehead atoms. The molecule has 4 aromatic rings. The van der Waals surface area contributed by atoms with Gasteiger partial charge in [0, 0.05) is 5.39 Å². The Morgan fingerprint density at radius 3 is 2.52 bits per heavy atom. The summed E-state index contributed by atoms with van der Waals surface area (Å²) in [6.07, 6.45) is 0.250. The summed E-state index contributed by atoms with van der Waals surface area (Å²) in [5.41, 5.74) is 13.1. The number of nitrogens with two attached hydrogens (primary N) is 2. The molecule has 0 aliphatic heterocycles. The fourth-order valence-electron chi connectivity index (χ4n) is 4.29. The fourth-order valence-corrected chi connectivity index (χ4v) is 4.29. The van der Waals surface area contributed by atoms with E-state index >= 15 is 0 Å². The van der Waals surface area contributed by atoms with Crippen LogP contribution < -0.4 is 26.8 Å². The zero-order valence-corrected chi connectivity index (χ0v) is 23.5. The summed E-state index contributed by atoms with van der Waals surface area (Å²) in [6.45, 7) is 0.503. The molecule has 0 radical (unpaired) electrons. The summed E-state index contributed by atoms with van der Waals surface area (Å²) in [5, 5.41) is 5.79. The van der Waals surface area contributed by atoms with Crippen molar-refractivity contribution < 1.29 is 36.7 Å². The minimum absolute atomic E-state index is 0.0841. The molecule has 0 fully saturated rings. The zero-order chi connectivity index (χ0) is 31.7. The maximum atomic E-state index is 13.0. The highest BCUT2D eigenvalue weighted by atomic mass is 19.4. The predicted octanol–water partition coefficient (Wildman–Crippen LogP) is 4.19. The van der Waals surface area contributed by atoms with Crippen molar-refractivity contribution in [3.8, 4) is 5.75 Å². The molecular formula is C30H31F3N6O5. The Bertz CT molecular complexity index is 1600. The van der Waals surface area contributed by atoms with Crippen LogP contribution in [-0.2, 0) is 16.0 Å². The first-order chi connectivity index (χ1) is 21.0. The van der Waals surface area contributed by atoms with E-state index in [2.05, 4.69) is 25.3 Å². The molecule has 0 aliphatic carbocycles. The summed E-state index contributed by atoms with van der Waals surface area (Å²) < 4.78 is 47.7. The quantitative estimate of drug-likeness (QED) is 0.0980. The number of rotatable bonds is 13. The van der Waals surface area contributed by atoms with Crippen molar-refractivity contribution in [1.29, 1.82) is 0 Å². The average molecular weight is 613 g/mol. The second-order valence-electron chi connectivity index (χ2n) is 9.97. The summed E-state index contributed by atoms with van der Waals surface area (Å²) >= 11 is 0. The average Bonchev–Trinajstić information content (AvgIpc) is 3.49. The number of hydrogen-bond donors (Lipinski definition) is 4. The highest BCUT2D eigenvalue weighted by Gasteiger charge is 2.41. The van der Waals surface area contributed by atoms with Gasteiger partial charge in [0.2, 0.25) is 11.8 Å². The van der Waals surface area contributed by atoms with Gasteiger partial charge in [0.05, 0.1) is 23.4 Å². The Kier molecular flexibility index (Phi) is 10.6. The standard InChI is InChI=1S/C30H31F3N6O5/c31-30(32,33)29(42)44-21-10-12-23-19(15-21)14-20(16-36-23)37-27(41)25-17-43-28(39-25)24(11-9-18-6-2-1-3-7-18)38-26(40)22(35)8-4-5-13-34/h1-3,6-7,10,12,14-17,22,24H,4-5,8-9,11,13,34-35H2,(H,37,41)(H,38,40)/t22-,24-/m1/s1.